The molecule has 5 rings (SSSR count). The van der Waals surface area contributed by atoms with E-state index in [1.807, 2.05) is 11.9 Å². The van der Waals surface area contributed by atoms with Crippen LogP contribution >= 0.6 is 11.6 Å². The number of pyridine rings is 1. The zero-order valence-electron chi connectivity index (χ0n) is 21.5. The number of amides is 2. The summed E-state index contributed by atoms with van der Waals surface area (Å²) in [5.41, 5.74) is 0.0382. The van der Waals surface area contributed by atoms with Crippen molar-refractivity contribution in [3.05, 3.63) is 47.3 Å². The predicted octanol–water partition coefficient (Wildman–Crippen LogP) is 3.01. The van der Waals surface area contributed by atoms with E-state index in [-0.39, 0.29) is 64.4 Å². The van der Waals surface area contributed by atoms with E-state index >= 15 is 0 Å². The summed E-state index contributed by atoms with van der Waals surface area (Å²) in [7, 11) is 3.90. The first-order chi connectivity index (χ1) is 18.2. The summed E-state index contributed by atoms with van der Waals surface area (Å²) < 4.78 is 21.1. The Morgan fingerprint density at radius 1 is 1.34 bits per heavy atom. The number of aromatic hydroxyl groups is 1. The lowest BCUT2D eigenvalue weighted by molar-refractivity contribution is -0.128. The number of likely N-dealkylation sites (N-methyl/N-ethyl adjacent to an activating group) is 2. The molecule has 4 heterocycles. The van der Waals surface area contributed by atoms with Gasteiger partial charge in [0.2, 0.25) is 5.91 Å². The molecule has 11 heteroatoms. The van der Waals surface area contributed by atoms with E-state index in [2.05, 4.69) is 18.5 Å². The Labute approximate surface area is 226 Å². The Morgan fingerprint density at radius 3 is 2.82 bits per heavy atom. The second-order valence-electron chi connectivity index (χ2n) is 10.0. The summed E-state index contributed by atoms with van der Waals surface area (Å²) >= 11 is 6.77. The van der Waals surface area contributed by atoms with Gasteiger partial charge in [0.05, 0.1) is 11.6 Å². The maximum atomic E-state index is 15.0. The number of aromatic nitrogens is 1. The van der Waals surface area contributed by atoms with Gasteiger partial charge in [0.25, 0.3) is 5.91 Å². The van der Waals surface area contributed by atoms with Gasteiger partial charge in [-0.15, -0.1) is 0 Å². The van der Waals surface area contributed by atoms with Gasteiger partial charge in [-0.1, -0.05) is 24.2 Å². The SMILES string of the molecule is C=CC(=O)N1CCN2C(=O)c3c(N(C)CC4CCCN4C)nc(-c4c(O)cccc4F)c(Cl)c3OC[C@H]2C1. The molecule has 1 N–H and O–H groups in total. The maximum Gasteiger partial charge on any atom is 0.261 e. The Balaban J connectivity index is 1.62. The van der Waals surface area contributed by atoms with E-state index in [4.69, 9.17) is 21.3 Å². The van der Waals surface area contributed by atoms with Gasteiger partial charge in [-0.25, -0.2) is 9.37 Å². The zero-order valence-corrected chi connectivity index (χ0v) is 22.2. The molecule has 2 aromatic rings. The lowest BCUT2D eigenvalue weighted by atomic mass is 10.0. The fraction of sp³-hybridized carbons (Fsp3) is 0.444. The first kappa shape index (κ1) is 26.2. The van der Waals surface area contributed by atoms with E-state index in [9.17, 15) is 19.1 Å². The number of nitrogens with zero attached hydrogens (tertiary/aromatic N) is 5. The highest BCUT2D eigenvalue weighted by atomic mass is 35.5. The summed E-state index contributed by atoms with van der Waals surface area (Å²) in [6, 6.07) is 3.81. The zero-order chi connectivity index (χ0) is 27.1. The third-order valence-corrected chi connectivity index (χ3v) is 8.04. The first-order valence-electron chi connectivity index (χ1n) is 12.7. The number of hydrogen-bond acceptors (Lipinski definition) is 7. The average molecular weight is 544 g/mol. The molecule has 202 valence electrons. The third-order valence-electron chi connectivity index (χ3n) is 7.69. The number of likely N-dealkylation sites (tertiary alicyclic amines) is 1. The Bertz CT molecular complexity index is 1270. The van der Waals surface area contributed by atoms with Gasteiger partial charge in [0.15, 0.2) is 5.75 Å². The van der Waals surface area contributed by atoms with Crippen molar-refractivity contribution < 1.29 is 23.8 Å². The number of carbonyl (C=O) groups is 2. The number of hydrogen-bond donors (Lipinski definition) is 1. The normalized spacial score (nSPS) is 21.4. The molecule has 0 saturated carbocycles. The van der Waals surface area contributed by atoms with Gasteiger partial charge >= 0.3 is 0 Å². The Hall–Kier alpha value is -3.37. The van der Waals surface area contributed by atoms with Crippen LogP contribution in [0.4, 0.5) is 10.2 Å². The molecule has 3 aliphatic heterocycles. The number of ether oxygens (including phenoxy) is 1. The fourth-order valence-corrected chi connectivity index (χ4v) is 5.86. The minimum atomic E-state index is -0.695. The van der Waals surface area contributed by atoms with Crippen molar-refractivity contribution in [1.29, 1.82) is 0 Å². The van der Waals surface area contributed by atoms with Crippen molar-refractivity contribution in [2.24, 2.45) is 0 Å². The molecular weight excluding hydrogens is 513 g/mol. The van der Waals surface area contributed by atoms with Gasteiger partial charge < -0.3 is 29.4 Å². The van der Waals surface area contributed by atoms with Crippen LogP contribution in [0, 0.1) is 5.82 Å². The number of halogens is 2. The van der Waals surface area contributed by atoms with Crippen LogP contribution in [0.15, 0.2) is 30.9 Å². The average Bonchev–Trinajstić information content (AvgIpc) is 3.24. The monoisotopic (exact) mass is 543 g/mol. The molecule has 0 spiro atoms. The van der Waals surface area contributed by atoms with Crippen LogP contribution in [-0.4, -0.2) is 102 Å². The van der Waals surface area contributed by atoms with Crippen LogP contribution < -0.4 is 9.64 Å². The van der Waals surface area contributed by atoms with E-state index in [1.165, 1.54) is 24.3 Å². The Kier molecular flexibility index (Phi) is 7.19. The molecule has 1 aromatic carbocycles. The van der Waals surface area contributed by atoms with E-state index in [1.54, 1.807) is 9.80 Å². The van der Waals surface area contributed by atoms with Crippen molar-refractivity contribution in [3.8, 4) is 22.8 Å². The number of benzene rings is 1. The van der Waals surface area contributed by atoms with Crippen LogP contribution in [0.3, 0.4) is 0 Å². The topological polar surface area (TPSA) is 89.5 Å². The highest BCUT2D eigenvalue weighted by Crippen LogP contribution is 2.45. The number of phenolic OH excluding ortho intramolecular Hbond substituents is 1. The first-order valence-corrected chi connectivity index (χ1v) is 13.1. The van der Waals surface area contributed by atoms with Crippen LogP contribution in [-0.2, 0) is 4.79 Å². The van der Waals surface area contributed by atoms with Crippen molar-refractivity contribution in [2.75, 3.05) is 58.3 Å². The van der Waals surface area contributed by atoms with E-state index in [0.717, 1.165) is 19.4 Å². The number of phenols is 1. The lowest BCUT2D eigenvalue weighted by Gasteiger charge is -2.39. The van der Waals surface area contributed by atoms with E-state index in [0.29, 0.717) is 25.5 Å². The summed E-state index contributed by atoms with van der Waals surface area (Å²) in [5.74, 6) is -1.14. The number of carbonyl (C=O) groups excluding carboxylic acids is 2. The van der Waals surface area contributed by atoms with Crippen LogP contribution in [0.5, 0.6) is 11.5 Å². The van der Waals surface area contributed by atoms with Gasteiger partial charge in [0.1, 0.15) is 40.3 Å². The molecule has 1 aromatic heterocycles. The second kappa shape index (κ2) is 10.4. The van der Waals surface area contributed by atoms with Crippen LogP contribution in [0.1, 0.15) is 23.2 Å². The van der Waals surface area contributed by atoms with Crippen LogP contribution in [0.25, 0.3) is 11.3 Å². The smallest absolute Gasteiger partial charge is 0.261 e. The second-order valence-corrected chi connectivity index (χ2v) is 10.4. The molecule has 2 amide bonds. The fourth-order valence-electron chi connectivity index (χ4n) is 5.58. The third kappa shape index (κ3) is 4.56. The molecule has 0 radical (unpaired) electrons. The summed E-state index contributed by atoms with van der Waals surface area (Å²) in [4.78, 5) is 38.4. The molecule has 38 heavy (non-hydrogen) atoms. The highest BCUT2D eigenvalue weighted by molar-refractivity contribution is 6.35. The van der Waals surface area contributed by atoms with Crippen molar-refractivity contribution in [3.63, 3.8) is 0 Å². The molecule has 0 aliphatic carbocycles. The molecule has 2 atom stereocenters. The molecule has 1 unspecified atom stereocenters. The molecule has 0 bridgehead atoms. The number of fused-ring (bicyclic) bond motifs is 2. The van der Waals surface area contributed by atoms with Crippen molar-refractivity contribution in [1.82, 2.24) is 19.7 Å². The summed E-state index contributed by atoms with van der Waals surface area (Å²) in [5, 5.41) is 10.5. The molecule has 2 fully saturated rings. The summed E-state index contributed by atoms with van der Waals surface area (Å²) in [6.45, 7) is 6.17. The summed E-state index contributed by atoms with van der Waals surface area (Å²) in [6.07, 6.45) is 3.33. The molecule has 9 nitrogen and oxygen atoms in total. The minimum Gasteiger partial charge on any atom is -0.507 e. The predicted molar refractivity (Wildman–Crippen MR) is 142 cm³/mol. The molecular formula is C27H31ClFN5O4. The van der Waals surface area contributed by atoms with Gasteiger partial charge in [-0.2, -0.15) is 0 Å². The number of rotatable bonds is 5. The molecule has 2 saturated heterocycles. The largest absolute Gasteiger partial charge is 0.507 e. The number of anilines is 1. The van der Waals surface area contributed by atoms with Gasteiger partial charge in [-0.3, -0.25) is 9.59 Å². The molecule has 3 aliphatic rings. The standard InChI is InChI=1S/C27H31ClFN5O4/c1-4-20(36)33-11-12-34-17(14-33)15-38-25-22(27(34)37)26(32(3)13-16-7-6-10-31(16)2)30-24(23(25)28)21-18(29)8-5-9-19(21)35/h4-5,8-9,16-17,35H,1,6-7,10-15H2,2-3H3/t16?,17-/m1/s1. The van der Waals surface area contributed by atoms with E-state index < -0.39 is 11.9 Å². The maximum absolute atomic E-state index is 15.0. The number of piperazine rings is 1. The van der Waals surface area contributed by atoms with Crippen LogP contribution in [0.2, 0.25) is 5.02 Å². The van der Waals surface area contributed by atoms with Gasteiger partial charge in [0, 0.05) is 39.3 Å². The minimum absolute atomic E-state index is 0.00113. The van der Waals surface area contributed by atoms with Crippen molar-refractivity contribution >= 4 is 29.2 Å². The lowest BCUT2D eigenvalue weighted by Crippen LogP contribution is -2.57. The highest BCUT2D eigenvalue weighted by Gasteiger charge is 2.41. The van der Waals surface area contributed by atoms with Crippen molar-refractivity contribution in [2.45, 2.75) is 24.9 Å². The quantitative estimate of drug-likeness (QED) is 0.580. The Morgan fingerprint density at radius 2 is 2.13 bits per heavy atom. The van der Waals surface area contributed by atoms with Gasteiger partial charge in [-0.05, 0) is 44.6 Å².